The first-order valence-electron chi connectivity index (χ1n) is 8.34. The number of carbonyl (C=O) groups excluding carboxylic acids is 1. The second kappa shape index (κ2) is 13.3. The fraction of sp³-hybridized carbons (Fsp3) is 0.300. The van der Waals surface area contributed by atoms with E-state index in [0.717, 1.165) is 6.42 Å². The van der Waals surface area contributed by atoms with E-state index in [-0.39, 0.29) is 23.0 Å². The minimum Gasteiger partial charge on any atom is -0.508 e. The highest BCUT2D eigenvalue weighted by Gasteiger charge is 2.05. The van der Waals surface area contributed by atoms with E-state index in [2.05, 4.69) is 13.8 Å². The van der Waals surface area contributed by atoms with Gasteiger partial charge in [0.15, 0.2) is 0 Å². The minimum absolute atomic E-state index is 0.0741. The zero-order valence-corrected chi connectivity index (χ0v) is 15.3. The van der Waals surface area contributed by atoms with Crippen LogP contribution in [0.4, 0.5) is 0 Å². The fourth-order valence-corrected chi connectivity index (χ4v) is 1.48. The number of hydrogen-bond acceptors (Lipinski definition) is 5. The Bertz CT molecular complexity index is 647. The number of esters is 1. The summed E-state index contributed by atoms with van der Waals surface area (Å²) in [6.45, 7) is 6.61. The molecule has 6 heteroatoms. The van der Waals surface area contributed by atoms with Crippen LogP contribution in [0, 0.1) is 0 Å². The van der Waals surface area contributed by atoms with Crippen LogP contribution in [-0.2, 0) is 4.74 Å². The number of phenolic OH excluding ortho intramolecular Hbond substituents is 2. The van der Waals surface area contributed by atoms with E-state index in [4.69, 9.17) is 20.1 Å². The molecule has 0 bridgehead atoms. The summed E-state index contributed by atoms with van der Waals surface area (Å²) >= 11 is 0. The van der Waals surface area contributed by atoms with Gasteiger partial charge < -0.3 is 20.1 Å². The van der Waals surface area contributed by atoms with E-state index in [0.29, 0.717) is 12.2 Å². The average Bonchev–Trinajstić information content (AvgIpc) is 2.62. The first-order chi connectivity index (χ1) is 12.3. The van der Waals surface area contributed by atoms with Gasteiger partial charge in [0.1, 0.15) is 11.5 Å². The molecule has 0 aliphatic rings. The molecule has 0 atom stereocenters. The number of hydrogen-bond donors (Lipinski definition) is 3. The van der Waals surface area contributed by atoms with Gasteiger partial charge >= 0.3 is 11.9 Å². The minimum atomic E-state index is -0.986. The molecule has 6 nitrogen and oxygen atoms in total. The predicted octanol–water partition coefficient (Wildman–Crippen LogP) is 4.47. The summed E-state index contributed by atoms with van der Waals surface area (Å²) in [4.78, 5) is 21.4. The first-order valence-corrected chi connectivity index (χ1v) is 8.34. The highest BCUT2D eigenvalue weighted by Crippen LogP contribution is 2.10. The molecule has 0 aromatic heterocycles. The van der Waals surface area contributed by atoms with Crippen molar-refractivity contribution in [3.8, 4) is 11.5 Å². The second-order valence-electron chi connectivity index (χ2n) is 5.24. The lowest BCUT2D eigenvalue weighted by Crippen LogP contribution is -2.05. The maximum Gasteiger partial charge on any atom is 0.338 e. The van der Waals surface area contributed by atoms with Crippen molar-refractivity contribution in [3.63, 3.8) is 0 Å². The van der Waals surface area contributed by atoms with E-state index in [1.165, 1.54) is 55.0 Å². The van der Waals surface area contributed by atoms with Gasteiger partial charge in [-0.15, -0.1) is 0 Å². The highest BCUT2D eigenvalue weighted by molar-refractivity contribution is 5.89. The van der Waals surface area contributed by atoms with Crippen LogP contribution in [0.15, 0.2) is 48.5 Å². The number of phenols is 2. The molecule has 0 unspecified atom stereocenters. The average molecular weight is 362 g/mol. The van der Waals surface area contributed by atoms with E-state index >= 15 is 0 Å². The Morgan fingerprint density at radius 3 is 1.54 bits per heavy atom. The number of carboxylic acids is 1. The first kappa shape index (κ1) is 23.0. The molecule has 26 heavy (non-hydrogen) atoms. The van der Waals surface area contributed by atoms with Crippen LogP contribution in [-0.4, -0.2) is 33.9 Å². The molecule has 0 aliphatic carbocycles. The molecule has 0 radical (unpaired) electrons. The highest BCUT2D eigenvalue weighted by atomic mass is 16.5. The Labute approximate surface area is 153 Å². The zero-order chi connectivity index (χ0) is 19.9. The van der Waals surface area contributed by atoms with Gasteiger partial charge in [-0.05, 0) is 55.0 Å². The molecule has 2 rings (SSSR count). The smallest absolute Gasteiger partial charge is 0.338 e. The summed E-state index contributed by atoms with van der Waals surface area (Å²) in [5.74, 6) is -1.11. The van der Waals surface area contributed by atoms with Gasteiger partial charge in [0.2, 0.25) is 0 Å². The lowest BCUT2D eigenvalue weighted by atomic mass is 10.2. The summed E-state index contributed by atoms with van der Waals surface area (Å²) < 4.78 is 4.90. The van der Waals surface area contributed by atoms with E-state index in [9.17, 15) is 9.59 Å². The van der Waals surface area contributed by atoms with Crippen LogP contribution in [0.2, 0.25) is 0 Å². The van der Waals surface area contributed by atoms with Crippen molar-refractivity contribution in [3.05, 3.63) is 59.7 Å². The summed E-state index contributed by atoms with van der Waals surface area (Å²) in [6.07, 6.45) is 2.06. The van der Waals surface area contributed by atoms with Crippen molar-refractivity contribution >= 4 is 11.9 Å². The molecule has 0 heterocycles. The molecule has 0 fully saturated rings. The molecule has 142 valence electrons. The van der Waals surface area contributed by atoms with Gasteiger partial charge in [-0.25, -0.2) is 9.59 Å². The Morgan fingerprint density at radius 2 is 1.19 bits per heavy atom. The maximum atomic E-state index is 11.2. The van der Waals surface area contributed by atoms with Gasteiger partial charge in [0, 0.05) is 0 Å². The van der Waals surface area contributed by atoms with Crippen molar-refractivity contribution in [2.45, 2.75) is 33.6 Å². The van der Waals surface area contributed by atoms with Crippen molar-refractivity contribution in [2.24, 2.45) is 0 Å². The molecule has 0 amide bonds. The van der Waals surface area contributed by atoms with Crippen LogP contribution in [0.3, 0.4) is 0 Å². The Balaban J connectivity index is 0.000000428. The molecule has 2 aromatic rings. The SMILES string of the molecule is CCC.CCCOC(=O)c1ccc(O)cc1.O=C(O)c1ccc(O)cc1. The molecule has 2 aromatic carbocycles. The number of rotatable bonds is 4. The van der Waals surface area contributed by atoms with E-state index in [1.54, 1.807) is 0 Å². The molecular weight excluding hydrogens is 336 g/mol. The van der Waals surface area contributed by atoms with Crippen LogP contribution in [0.1, 0.15) is 54.3 Å². The maximum absolute atomic E-state index is 11.2. The third kappa shape index (κ3) is 9.97. The lowest BCUT2D eigenvalue weighted by molar-refractivity contribution is 0.0504. The normalized spacial score (nSPS) is 9.04. The third-order valence-electron chi connectivity index (χ3n) is 2.65. The molecular formula is C20H26O6. The van der Waals surface area contributed by atoms with Crippen LogP contribution in [0.25, 0.3) is 0 Å². The summed E-state index contributed by atoms with van der Waals surface area (Å²) in [5.41, 5.74) is 0.643. The molecule has 0 aliphatic heterocycles. The van der Waals surface area contributed by atoms with Crippen molar-refractivity contribution < 1.29 is 29.6 Å². The topological polar surface area (TPSA) is 104 Å². The van der Waals surface area contributed by atoms with Gasteiger partial charge in [-0.1, -0.05) is 27.2 Å². The Morgan fingerprint density at radius 1 is 0.808 bits per heavy atom. The van der Waals surface area contributed by atoms with Crippen LogP contribution < -0.4 is 0 Å². The van der Waals surface area contributed by atoms with Crippen LogP contribution in [0.5, 0.6) is 11.5 Å². The fourth-order valence-electron chi connectivity index (χ4n) is 1.48. The standard InChI is InChI=1S/C10H12O3.C7H6O3.C3H8/c1-2-7-13-10(12)8-3-5-9(11)6-4-8;8-6-3-1-5(2-4-6)7(9)10;1-3-2/h3-6,11H,2,7H2,1H3;1-4,8H,(H,9,10);3H2,1-2H3. The van der Waals surface area contributed by atoms with Crippen molar-refractivity contribution in [1.29, 1.82) is 0 Å². The van der Waals surface area contributed by atoms with Crippen molar-refractivity contribution in [1.82, 2.24) is 0 Å². The number of carboxylic acid groups (broad SMARTS) is 1. The number of ether oxygens (including phenoxy) is 1. The summed E-state index contributed by atoms with van der Waals surface area (Å²) in [7, 11) is 0. The predicted molar refractivity (Wildman–Crippen MR) is 99.7 cm³/mol. The molecule has 3 N–H and O–H groups in total. The number of aromatic hydroxyl groups is 2. The second-order valence-corrected chi connectivity index (χ2v) is 5.24. The third-order valence-corrected chi connectivity index (χ3v) is 2.65. The van der Waals surface area contributed by atoms with Gasteiger partial charge in [0.05, 0.1) is 17.7 Å². The van der Waals surface area contributed by atoms with Gasteiger partial charge in [0.25, 0.3) is 0 Å². The van der Waals surface area contributed by atoms with Crippen molar-refractivity contribution in [2.75, 3.05) is 6.61 Å². The number of aromatic carboxylic acids is 1. The summed E-state index contributed by atoms with van der Waals surface area (Å²) in [6, 6.07) is 11.4. The number of carbonyl (C=O) groups is 2. The molecule has 0 saturated carbocycles. The quantitative estimate of drug-likeness (QED) is 0.694. The molecule has 0 saturated heterocycles. The Hall–Kier alpha value is -3.02. The monoisotopic (exact) mass is 362 g/mol. The summed E-state index contributed by atoms with van der Waals surface area (Å²) in [5, 5.41) is 26.1. The van der Waals surface area contributed by atoms with Gasteiger partial charge in [-0.2, -0.15) is 0 Å². The number of benzene rings is 2. The Kier molecular flexibility index (Phi) is 11.7. The van der Waals surface area contributed by atoms with E-state index in [1.807, 2.05) is 6.92 Å². The lowest BCUT2D eigenvalue weighted by Gasteiger charge is -2.02. The zero-order valence-electron chi connectivity index (χ0n) is 15.3. The largest absolute Gasteiger partial charge is 0.508 e. The van der Waals surface area contributed by atoms with Gasteiger partial charge in [-0.3, -0.25) is 0 Å². The van der Waals surface area contributed by atoms with E-state index < -0.39 is 5.97 Å². The van der Waals surface area contributed by atoms with Crippen LogP contribution >= 0.6 is 0 Å². The molecule has 0 spiro atoms.